The van der Waals surface area contributed by atoms with Crippen LogP contribution in [-0.2, 0) is 0 Å². The molecule has 24 heavy (non-hydrogen) atoms. The normalized spacial score (nSPS) is 12.1. The number of nitrogens with zero attached hydrogens (tertiary/aromatic N) is 2. The van der Waals surface area contributed by atoms with Gasteiger partial charge in [0.05, 0.1) is 16.9 Å². The van der Waals surface area contributed by atoms with Crippen molar-refractivity contribution >= 4 is 33.8 Å². The zero-order chi connectivity index (χ0) is 17.5. The number of rotatable bonds is 3. The van der Waals surface area contributed by atoms with E-state index in [1.165, 1.54) is 23.5 Å². The molecule has 8 heteroatoms. The molecule has 0 unspecified atom stereocenters. The number of ether oxygens (including phenoxy) is 1. The number of pyridine rings is 1. The van der Waals surface area contributed by atoms with E-state index in [1.807, 2.05) is 19.2 Å². The Hall–Kier alpha value is -1.86. The number of hydrogen-bond acceptors (Lipinski definition) is 4. The van der Waals surface area contributed by atoms with Crippen molar-refractivity contribution in [3.63, 3.8) is 0 Å². The van der Waals surface area contributed by atoms with Gasteiger partial charge in [0.15, 0.2) is 0 Å². The van der Waals surface area contributed by atoms with Crippen LogP contribution in [0, 0.1) is 0 Å². The van der Waals surface area contributed by atoms with Gasteiger partial charge in [0, 0.05) is 10.8 Å². The molecule has 0 spiro atoms. The minimum atomic E-state index is -4.81. The Bertz CT molecular complexity index is 893. The minimum Gasteiger partial charge on any atom is -0.404 e. The smallest absolute Gasteiger partial charge is 0.404 e. The third-order valence-corrected chi connectivity index (χ3v) is 4.57. The van der Waals surface area contributed by atoms with Crippen LogP contribution >= 0.6 is 22.9 Å². The van der Waals surface area contributed by atoms with Crippen molar-refractivity contribution in [3.8, 4) is 16.5 Å². The first-order valence-corrected chi connectivity index (χ1v) is 8.31. The highest BCUT2D eigenvalue weighted by Crippen LogP contribution is 2.36. The molecular weight excluding hydrogens is 361 g/mol. The molecule has 0 radical (unpaired) electrons. The zero-order valence-corrected chi connectivity index (χ0v) is 14.3. The van der Waals surface area contributed by atoms with Gasteiger partial charge in [-0.05, 0) is 24.1 Å². The van der Waals surface area contributed by atoms with E-state index in [1.54, 1.807) is 12.1 Å². The first kappa shape index (κ1) is 17.0. The van der Waals surface area contributed by atoms with Gasteiger partial charge < -0.3 is 4.74 Å². The molecule has 0 atom stereocenters. The van der Waals surface area contributed by atoms with E-state index in [0.29, 0.717) is 16.1 Å². The van der Waals surface area contributed by atoms with Gasteiger partial charge in [0.1, 0.15) is 15.8 Å². The standard InChI is InChI=1S/C16H12ClF3N2OS/c1-8(2)11-7-24-15(22-11)10-5-3-9-4-6-12(23-16(18,19)20)13(17)14(9)21-10/h3-8H,1-2H3. The molecule has 126 valence electrons. The first-order valence-electron chi connectivity index (χ1n) is 7.05. The molecule has 0 bridgehead atoms. The maximum Gasteiger partial charge on any atom is 0.573 e. The summed E-state index contributed by atoms with van der Waals surface area (Å²) in [5.41, 5.74) is 1.75. The Morgan fingerprint density at radius 3 is 2.46 bits per heavy atom. The van der Waals surface area contributed by atoms with Crippen molar-refractivity contribution in [1.82, 2.24) is 9.97 Å². The van der Waals surface area contributed by atoms with Crippen molar-refractivity contribution < 1.29 is 17.9 Å². The van der Waals surface area contributed by atoms with Crippen LogP contribution in [0.25, 0.3) is 21.6 Å². The number of thiazole rings is 1. The lowest BCUT2D eigenvalue weighted by Crippen LogP contribution is -2.17. The van der Waals surface area contributed by atoms with Crippen molar-refractivity contribution in [2.45, 2.75) is 26.1 Å². The van der Waals surface area contributed by atoms with E-state index < -0.39 is 12.1 Å². The molecule has 0 fully saturated rings. The molecule has 3 rings (SSSR count). The lowest BCUT2D eigenvalue weighted by Gasteiger charge is -2.11. The Kier molecular flexibility index (Phi) is 4.40. The number of hydrogen-bond donors (Lipinski definition) is 0. The molecular formula is C16H12ClF3N2OS. The molecule has 1 aromatic carbocycles. The SMILES string of the molecule is CC(C)c1csc(-c2ccc3ccc(OC(F)(F)F)c(Cl)c3n2)n1. The second kappa shape index (κ2) is 6.22. The highest BCUT2D eigenvalue weighted by molar-refractivity contribution is 7.13. The van der Waals surface area contributed by atoms with Gasteiger partial charge in [-0.15, -0.1) is 24.5 Å². The van der Waals surface area contributed by atoms with Gasteiger partial charge in [-0.3, -0.25) is 0 Å². The highest BCUT2D eigenvalue weighted by Gasteiger charge is 2.32. The lowest BCUT2D eigenvalue weighted by atomic mass is 10.1. The van der Waals surface area contributed by atoms with Crippen LogP contribution in [-0.4, -0.2) is 16.3 Å². The van der Waals surface area contributed by atoms with Crippen LogP contribution < -0.4 is 4.74 Å². The third kappa shape index (κ3) is 3.47. The van der Waals surface area contributed by atoms with Gasteiger partial charge in [-0.2, -0.15) is 0 Å². The summed E-state index contributed by atoms with van der Waals surface area (Å²) in [4.78, 5) is 8.88. The molecule has 0 aliphatic rings. The average Bonchev–Trinajstić information content (AvgIpc) is 2.99. The zero-order valence-electron chi connectivity index (χ0n) is 12.7. The predicted octanol–water partition coefficient (Wildman–Crippen LogP) is 6.03. The van der Waals surface area contributed by atoms with E-state index in [2.05, 4.69) is 14.7 Å². The molecule has 0 aliphatic heterocycles. The van der Waals surface area contributed by atoms with E-state index >= 15 is 0 Å². The summed E-state index contributed by atoms with van der Waals surface area (Å²) in [5, 5.41) is 3.08. The van der Waals surface area contributed by atoms with Gasteiger partial charge in [-0.1, -0.05) is 31.5 Å². The molecule has 2 aromatic heterocycles. The summed E-state index contributed by atoms with van der Waals surface area (Å²) in [6.45, 7) is 4.06. The van der Waals surface area contributed by atoms with E-state index in [-0.39, 0.29) is 16.5 Å². The molecule has 2 heterocycles. The van der Waals surface area contributed by atoms with Crippen LogP contribution in [0.15, 0.2) is 29.6 Å². The number of alkyl halides is 3. The van der Waals surface area contributed by atoms with Crippen LogP contribution in [0.1, 0.15) is 25.5 Å². The van der Waals surface area contributed by atoms with Gasteiger partial charge in [0.25, 0.3) is 0 Å². The maximum atomic E-state index is 12.4. The van der Waals surface area contributed by atoms with Crippen molar-refractivity contribution in [2.24, 2.45) is 0 Å². The molecule has 0 amide bonds. The van der Waals surface area contributed by atoms with Crippen molar-refractivity contribution in [2.75, 3.05) is 0 Å². The second-order valence-electron chi connectivity index (χ2n) is 5.43. The molecule has 0 N–H and O–H groups in total. The predicted molar refractivity (Wildman–Crippen MR) is 88.6 cm³/mol. The summed E-state index contributed by atoms with van der Waals surface area (Å²) in [6, 6.07) is 6.18. The molecule has 3 nitrogen and oxygen atoms in total. The van der Waals surface area contributed by atoms with Crippen molar-refractivity contribution in [1.29, 1.82) is 0 Å². The Morgan fingerprint density at radius 1 is 1.12 bits per heavy atom. The fourth-order valence-corrected chi connectivity index (χ4v) is 3.33. The molecule has 3 aromatic rings. The summed E-state index contributed by atoms with van der Waals surface area (Å²) >= 11 is 7.49. The second-order valence-corrected chi connectivity index (χ2v) is 6.66. The fraction of sp³-hybridized carbons (Fsp3) is 0.250. The fourth-order valence-electron chi connectivity index (χ4n) is 2.13. The minimum absolute atomic E-state index is 0.174. The highest BCUT2D eigenvalue weighted by atomic mass is 35.5. The Balaban J connectivity index is 2.07. The van der Waals surface area contributed by atoms with Crippen LogP contribution in [0.3, 0.4) is 0 Å². The summed E-state index contributed by atoms with van der Waals surface area (Å²) < 4.78 is 41.2. The summed E-state index contributed by atoms with van der Waals surface area (Å²) in [7, 11) is 0. The van der Waals surface area contributed by atoms with Crippen LogP contribution in [0.4, 0.5) is 13.2 Å². The largest absolute Gasteiger partial charge is 0.573 e. The van der Waals surface area contributed by atoms with Gasteiger partial charge in [-0.25, -0.2) is 9.97 Å². The molecule has 0 saturated carbocycles. The Morgan fingerprint density at radius 2 is 1.83 bits per heavy atom. The third-order valence-electron chi connectivity index (χ3n) is 3.32. The van der Waals surface area contributed by atoms with Crippen molar-refractivity contribution in [3.05, 3.63) is 40.4 Å². The number of aromatic nitrogens is 2. The average molecular weight is 373 g/mol. The van der Waals surface area contributed by atoms with Gasteiger partial charge in [0.2, 0.25) is 0 Å². The number of halogens is 4. The van der Waals surface area contributed by atoms with E-state index in [4.69, 9.17) is 11.6 Å². The Labute approximate surface area is 145 Å². The summed E-state index contributed by atoms with van der Waals surface area (Å²) in [6.07, 6.45) is -4.81. The monoisotopic (exact) mass is 372 g/mol. The maximum absolute atomic E-state index is 12.4. The summed E-state index contributed by atoms with van der Waals surface area (Å²) in [5.74, 6) is -0.186. The molecule has 0 aliphatic carbocycles. The lowest BCUT2D eigenvalue weighted by molar-refractivity contribution is -0.274. The molecule has 0 saturated heterocycles. The van der Waals surface area contributed by atoms with E-state index in [0.717, 1.165) is 5.69 Å². The quantitative estimate of drug-likeness (QED) is 0.562. The van der Waals surface area contributed by atoms with Crippen LogP contribution in [0.2, 0.25) is 5.02 Å². The van der Waals surface area contributed by atoms with Crippen LogP contribution in [0.5, 0.6) is 5.75 Å². The van der Waals surface area contributed by atoms with E-state index in [9.17, 15) is 13.2 Å². The number of fused-ring (bicyclic) bond motifs is 1. The van der Waals surface area contributed by atoms with Gasteiger partial charge >= 0.3 is 6.36 Å². The first-order chi connectivity index (χ1) is 11.2. The topological polar surface area (TPSA) is 35.0 Å². The number of benzene rings is 1.